The fourth-order valence-electron chi connectivity index (χ4n) is 1.29. The highest BCUT2D eigenvalue weighted by Crippen LogP contribution is 2.36. The minimum atomic E-state index is 0.115. The Hall–Kier alpha value is -1.34. The fourth-order valence-corrected chi connectivity index (χ4v) is 1.97. The molecule has 98 valence electrons. The lowest BCUT2D eigenvalue weighted by molar-refractivity contribution is 0.310. The highest BCUT2D eigenvalue weighted by molar-refractivity contribution is 9.10. The molecule has 0 amide bonds. The summed E-state index contributed by atoms with van der Waals surface area (Å²) >= 11 is 8.05. The Kier molecular flexibility index (Phi) is 5.87. The van der Waals surface area contributed by atoms with E-state index in [4.69, 9.17) is 15.2 Å². The van der Waals surface area contributed by atoms with E-state index in [0.29, 0.717) is 18.1 Å². The number of nitrogens with one attached hydrogen (secondary N) is 1. The molecule has 0 saturated heterocycles. The topological polar surface area (TPSA) is 68.9 Å². The van der Waals surface area contributed by atoms with E-state index in [-0.39, 0.29) is 5.11 Å². The number of hydrogen-bond acceptors (Lipinski definition) is 4. The number of nitrogens with two attached hydrogens (primary N) is 1. The first-order valence-electron chi connectivity index (χ1n) is 5.17. The number of rotatable bonds is 5. The van der Waals surface area contributed by atoms with Gasteiger partial charge in [0.25, 0.3) is 0 Å². The Labute approximate surface area is 119 Å². The number of halogens is 1. The van der Waals surface area contributed by atoms with Gasteiger partial charge in [0.2, 0.25) is 0 Å². The Morgan fingerprint density at radius 2 is 2.33 bits per heavy atom. The molecule has 7 heteroatoms. The van der Waals surface area contributed by atoms with Gasteiger partial charge in [-0.05, 0) is 52.8 Å². The molecule has 0 aliphatic heterocycles. The van der Waals surface area contributed by atoms with Crippen LogP contribution in [0, 0.1) is 0 Å². The summed E-state index contributed by atoms with van der Waals surface area (Å²) in [7, 11) is 1.59. The molecular formula is C11H14BrN3O2S. The summed E-state index contributed by atoms with van der Waals surface area (Å²) in [6.45, 7) is 2.46. The van der Waals surface area contributed by atoms with E-state index in [0.717, 1.165) is 10.0 Å². The van der Waals surface area contributed by atoms with Crippen molar-refractivity contribution in [2.45, 2.75) is 6.92 Å². The lowest BCUT2D eigenvalue weighted by Gasteiger charge is -2.11. The number of methoxy groups -OCH3 is 1. The molecule has 0 atom stereocenters. The second-order valence-electron chi connectivity index (χ2n) is 3.20. The maximum absolute atomic E-state index is 5.49. The molecule has 0 aliphatic carbocycles. The zero-order chi connectivity index (χ0) is 13.5. The molecule has 1 aromatic rings. The van der Waals surface area contributed by atoms with Crippen LogP contribution in [-0.4, -0.2) is 25.0 Å². The van der Waals surface area contributed by atoms with Crippen molar-refractivity contribution in [1.29, 1.82) is 0 Å². The Balaban J connectivity index is 3.00. The number of hydrogen-bond donors (Lipinski definition) is 2. The number of benzene rings is 1. The summed E-state index contributed by atoms with van der Waals surface area (Å²) in [4.78, 5) is 0. The van der Waals surface area contributed by atoms with Crippen LogP contribution in [0.5, 0.6) is 11.5 Å². The van der Waals surface area contributed by atoms with Gasteiger partial charge in [0.05, 0.1) is 24.4 Å². The molecular weight excluding hydrogens is 318 g/mol. The molecule has 0 radical (unpaired) electrons. The minimum absolute atomic E-state index is 0.115. The van der Waals surface area contributed by atoms with E-state index >= 15 is 0 Å². The number of ether oxygens (including phenoxy) is 2. The van der Waals surface area contributed by atoms with Gasteiger partial charge in [-0.25, -0.2) is 0 Å². The Bertz CT molecular complexity index is 466. The van der Waals surface area contributed by atoms with Gasteiger partial charge in [-0.3, -0.25) is 5.43 Å². The molecule has 0 fully saturated rings. The Morgan fingerprint density at radius 1 is 1.61 bits per heavy atom. The largest absolute Gasteiger partial charge is 0.492 e. The predicted octanol–water partition coefficient (Wildman–Crippen LogP) is 2.02. The molecule has 0 saturated carbocycles. The molecule has 0 heterocycles. The minimum Gasteiger partial charge on any atom is -0.492 e. The number of hydrazone groups is 1. The summed E-state index contributed by atoms with van der Waals surface area (Å²) in [5.41, 5.74) is 8.58. The first-order chi connectivity index (χ1) is 8.58. The molecule has 0 spiro atoms. The third-order valence-corrected chi connectivity index (χ3v) is 2.60. The molecule has 1 aromatic carbocycles. The third kappa shape index (κ3) is 4.15. The van der Waals surface area contributed by atoms with E-state index in [2.05, 4.69) is 38.7 Å². The monoisotopic (exact) mass is 331 g/mol. The van der Waals surface area contributed by atoms with Gasteiger partial charge in [-0.2, -0.15) is 5.10 Å². The first-order valence-corrected chi connectivity index (χ1v) is 6.37. The van der Waals surface area contributed by atoms with Crippen molar-refractivity contribution < 1.29 is 9.47 Å². The predicted molar refractivity (Wildman–Crippen MR) is 79.4 cm³/mol. The van der Waals surface area contributed by atoms with Crippen molar-refractivity contribution in [2.24, 2.45) is 10.8 Å². The van der Waals surface area contributed by atoms with E-state index in [1.807, 2.05) is 19.1 Å². The van der Waals surface area contributed by atoms with Gasteiger partial charge in [-0.1, -0.05) is 0 Å². The van der Waals surface area contributed by atoms with Crippen molar-refractivity contribution in [3.63, 3.8) is 0 Å². The number of nitrogens with zero attached hydrogens (tertiary/aromatic N) is 1. The zero-order valence-electron chi connectivity index (χ0n) is 10.1. The van der Waals surface area contributed by atoms with E-state index in [1.54, 1.807) is 13.3 Å². The molecule has 0 aliphatic rings. The van der Waals surface area contributed by atoms with Crippen LogP contribution in [0.25, 0.3) is 0 Å². The highest BCUT2D eigenvalue weighted by atomic mass is 79.9. The quantitative estimate of drug-likeness (QED) is 0.491. The van der Waals surface area contributed by atoms with Gasteiger partial charge in [0, 0.05) is 0 Å². The van der Waals surface area contributed by atoms with Crippen LogP contribution in [0.3, 0.4) is 0 Å². The summed E-state index contributed by atoms with van der Waals surface area (Å²) < 4.78 is 11.5. The van der Waals surface area contributed by atoms with Gasteiger partial charge in [-0.15, -0.1) is 0 Å². The van der Waals surface area contributed by atoms with Crippen molar-refractivity contribution >= 4 is 39.5 Å². The highest BCUT2D eigenvalue weighted by Gasteiger charge is 2.10. The Morgan fingerprint density at radius 3 is 2.89 bits per heavy atom. The van der Waals surface area contributed by atoms with Crippen LogP contribution in [0.2, 0.25) is 0 Å². The van der Waals surface area contributed by atoms with Crippen molar-refractivity contribution in [1.82, 2.24) is 5.43 Å². The normalized spacial score (nSPS) is 10.4. The maximum atomic E-state index is 5.49. The van der Waals surface area contributed by atoms with Crippen LogP contribution < -0.4 is 20.6 Å². The molecule has 5 nitrogen and oxygen atoms in total. The maximum Gasteiger partial charge on any atom is 0.184 e. The molecule has 0 bridgehead atoms. The summed E-state index contributed by atoms with van der Waals surface area (Å²) in [6, 6.07) is 3.67. The zero-order valence-corrected chi connectivity index (χ0v) is 12.5. The van der Waals surface area contributed by atoms with E-state index in [1.165, 1.54) is 0 Å². The second-order valence-corrected chi connectivity index (χ2v) is 4.50. The summed E-state index contributed by atoms with van der Waals surface area (Å²) in [6.07, 6.45) is 1.59. The molecule has 3 N–H and O–H groups in total. The molecule has 0 aromatic heterocycles. The van der Waals surface area contributed by atoms with Gasteiger partial charge in [0.1, 0.15) is 0 Å². The van der Waals surface area contributed by atoms with Crippen LogP contribution in [0.1, 0.15) is 12.5 Å². The van der Waals surface area contributed by atoms with Crippen molar-refractivity contribution in [3.05, 3.63) is 22.2 Å². The lowest BCUT2D eigenvalue weighted by Crippen LogP contribution is -2.23. The summed E-state index contributed by atoms with van der Waals surface area (Å²) in [5.74, 6) is 1.29. The molecule has 18 heavy (non-hydrogen) atoms. The van der Waals surface area contributed by atoms with Gasteiger partial charge < -0.3 is 15.2 Å². The van der Waals surface area contributed by atoms with Crippen LogP contribution in [-0.2, 0) is 0 Å². The molecule has 0 unspecified atom stereocenters. The second kappa shape index (κ2) is 7.17. The first kappa shape index (κ1) is 14.7. The summed E-state index contributed by atoms with van der Waals surface area (Å²) in [5, 5.41) is 4.00. The van der Waals surface area contributed by atoms with E-state index in [9.17, 15) is 0 Å². The van der Waals surface area contributed by atoms with Crippen LogP contribution >= 0.6 is 28.1 Å². The van der Waals surface area contributed by atoms with Crippen LogP contribution in [0.4, 0.5) is 0 Å². The van der Waals surface area contributed by atoms with E-state index < -0.39 is 0 Å². The van der Waals surface area contributed by atoms with Crippen molar-refractivity contribution in [3.8, 4) is 11.5 Å². The standard InChI is InChI=1S/C11H14BrN3O2S/c1-3-17-9-5-7(6-14-15-11(13)18)4-8(12)10(9)16-2/h4-6H,3H2,1-2H3,(H3,13,15,18)/b14-6-. The SMILES string of the molecule is CCOc1cc(/C=N\NC(N)=S)cc(Br)c1OC. The average molecular weight is 332 g/mol. The van der Waals surface area contributed by atoms with Gasteiger partial charge >= 0.3 is 0 Å². The fraction of sp³-hybridized carbons (Fsp3) is 0.273. The average Bonchev–Trinajstić information content (AvgIpc) is 2.28. The van der Waals surface area contributed by atoms with Gasteiger partial charge in [0.15, 0.2) is 16.6 Å². The third-order valence-electron chi connectivity index (χ3n) is 1.92. The van der Waals surface area contributed by atoms with Crippen LogP contribution in [0.15, 0.2) is 21.7 Å². The molecule has 1 rings (SSSR count). The number of thiocarbonyl (C=S) groups is 1. The van der Waals surface area contributed by atoms with Crippen molar-refractivity contribution in [2.75, 3.05) is 13.7 Å². The smallest absolute Gasteiger partial charge is 0.184 e. The lowest BCUT2D eigenvalue weighted by atomic mass is 10.2.